The van der Waals surface area contributed by atoms with Crippen molar-refractivity contribution < 1.29 is 18.0 Å². The average Bonchev–Trinajstić information content (AvgIpc) is 2.91. The normalized spacial score (nSPS) is 12.8. The van der Waals surface area contributed by atoms with Crippen molar-refractivity contribution in [1.82, 2.24) is 10.2 Å². The number of halogens is 3. The number of benzene rings is 3. The molecule has 3 aromatic rings. The van der Waals surface area contributed by atoms with E-state index in [-0.39, 0.29) is 40.6 Å². The molecule has 0 radical (unpaired) electrons. The van der Waals surface area contributed by atoms with E-state index in [0.29, 0.717) is 11.4 Å². The summed E-state index contributed by atoms with van der Waals surface area (Å²) in [4.78, 5) is 29.1. The number of rotatable bonds is 12. The molecule has 0 aliphatic heterocycles. The molecule has 0 aromatic heterocycles. The van der Waals surface area contributed by atoms with Crippen molar-refractivity contribution in [3.05, 3.63) is 99.0 Å². The molecule has 0 aliphatic carbocycles. The number of nitrogens with one attached hydrogen (secondary N) is 1. The lowest BCUT2D eigenvalue weighted by Crippen LogP contribution is -2.54. The van der Waals surface area contributed by atoms with Crippen molar-refractivity contribution in [3.8, 4) is 0 Å². The zero-order valence-electron chi connectivity index (χ0n) is 22.5. The Hall–Kier alpha value is -2.78. The Labute approximate surface area is 251 Å². The zero-order valence-corrected chi connectivity index (χ0v) is 25.6. The first-order valence-electron chi connectivity index (χ1n) is 12.7. The van der Waals surface area contributed by atoms with Crippen molar-refractivity contribution in [3.63, 3.8) is 0 Å². The summed E-state index contributed by atoms with van der Waals surface area (Å²) in [7, 11) is -3.97. The molecule has 0 unspecified atom stereocenters. The van der Waals surface area contributed by atoms with E-state index >= 15 is 0 Å². The van der Waals surface area contributed by atoms with Gasteiger partial charge in [0, 0.05) is 29.1 Å². The van der Waals surface area contributed by atoms with E-state index < -0.39 is 28.5 Å². The number of amides is 2. The highest BCUT2D eigenvalue weighted by Crippen LogP contribution is 2.31. The van der Waals surface area contributed by atoms with Crippen LogP contribution in [0.2, 0.25) is 15.1 Å². The van der Waals surface area contributed by atoms with Gasteiger partial charge in [0.1, 0.15) is 12.6 Å². The molecule has 40 heavy (non-hydrogen) atoms. The van der Waals surface area contributed by atoms with Crippen LogP contribution in [-0.2, 0) is 32.6 Å². The minimum atomic E-state index is -3.97. The summed E-state index contributed by atoms with van der Waals surface area (Å²) >= 11 is 18.5. The molecule has 0 aliphatic rings. The molecule has 0 saturated carbocycles. The van der Waals surface area contributed by atoms with E-state index in [9.17, 15) is 18.0 Å². The largest absolute Gasteiger partial charge is 0.352 e. The van der Waals surface area contributed by atoms with Crippen molar-refractivity contribution in [2.45, 2.75) is 45.3 Å². The molecular formula is C29H32Cl3N3O4S. The number of carbonyl (C=O) groups excluding carboxylic acids is 2. The van der Waals surface area contributed by atoms with Crippen LogP contribution in [0.25, 0.3) is 0 Å². The maximum atomic E-state index is 14.1. The second-order valence-corrected chi connectivity index (χ2v) is 12.7. The summed E-state index contributed by atoms with van der Waals surface area (Å²) < 4.78 is 26.7. The molecule has 0 bridgehead atoms. The van der Waals surface area contributed by atoms with Crippen LogP contribution < -0.4 is 9.62 Å². The second-order valence-electron chi connectivity index (χ2n) is 9.54. The summed E-state index contributed by atoms with van der Waals surface area (Å²) in [6.07, 6.45) is 1.90. The second kappa shape index (κ2) is 14.2. The number of anilines is 1. The highest BCUT2D eigenvalue weighted by molar-refractivity contribution is 7.92. The molecule has 7 nitrogen and oxygen atoms in total. The maximum Gasteiger partial charge on any atom is 0.244 e. The topological polar surface area (TPSA) is 86.8 Å². The Balaban J connectivity index is 2.08. The van der Waals surface area contributed by atoms with E-state index in [1.807, 2.05) is 44.2 Å². The van der Waals surface area contributed by atoms with Gasteiger partial charge in [0.25, 0.3) is 0 Å². The molecule has 0 saturated heterocycles. The SMILES string of the molecule is CC[C@@H](C)NC(=O)[C@H](Cc1ccccc1)N(Cc1ccc(Cl)cc1)C(=O)CN(c1cc(Cl)ccc1Cl)S(C)(=O)=O. The van der Waals surface area contributed by atoms with Gasteiger partial charge in [-0.15, -0.1) is 0 Å². The quantitative estimate of drug-likeness (QED) is 0.269. The molecule has 0 heterocycles. The molecule has 2 amide bonds. The van der Waals surface area contributed by atoms with E-state index in [2.05, 4.69) is 5.32 Å². The Morgan fingerprint density at radius 3 is 2.12 bits per heavy atom. The first kappa shape index (κ1) is 31.7. The van der Waals surface area contributed by atoms with Gasteiger partial charge in [0.2, 0.25) is 21.8 Å². The minimum absolute atomic E-state index is 0.0440. The van der Waals surface area contributed by atoms with Gasteiger partial charge in [0.15, 0.2) is 0 Å². The number of carbonyl (C=O) groups is 2. The summed E-state index contributed by atoms with van der Waals surface area (Å²) in [6.45, 7) is 3.29. The van der Waals surface area contributed by atoms with E-state index in [1.54, 1.807) is 24.3 Å². The third-order valence-electron chi connectivity index (χ3n) is 6.39. The molecule has 3 aromatic carbocycles. The fourth-order valence-electron chi connectivity index (χ4n) is 4.05. The standard InChI is InChI=1S/C29H32Cl3N3O4S/c1-4-20(2)33-29(37)27(16-21-8-6-5-7-9-21)34(18-22-10-12-23(30)13-11-22)28(36)19-35(40(3,38)39)26-17-24(31)14-15-25(26)32/h5-15,17,20,27H,4,16,18-19H2,1-3H3,(H,33,37)/t20-,27+/m1/s1. The lowest BCUT2D eigenvalue weighted by Gasteiger charge is -2.34. The highest BCUT2D eigenvalue weighted by Gasteiger charge is 2.34. The summed E-state index contributed by atoms with van der Waals surface area (Å²) in [5, 5.41) is 3.88. The number of hydrogen-bond donors (Lipinski definition) is 1. The van der Waals surface area contributed by atoms with Gasteiger partial charge in [-0.2, -0.15) is 0 Å². The van der Waals surface area contributed by atoms with Crippen LogP contribution in [0.5, 0.6) is 0 Å². The highest BCUT2D eigenvalue weighted by atomic mass is 35.5. The van der Waals surface area contributed by atoms with Crippen LogP contribution in [0.3, 0.4) is 0 Å². The molecule has 3 rings (SSSR count). The number of sulfonamides is 1. The van der Waals surface area contributed by atoms with Crippen LogP contribution in [0.1, 0.15) is 31.4 Å². The van der Waals surface area contributed by atoms with E-state index in [1.165, 1.54) is 23.1 Å². The predicted octanol–water partition coefficient (Wildman–Crippen LogP) is 5.97. The molecule has 2 atom stereocenters. The van der Waals surface area contributed by atoms with Crippen molar-refractivity contribution in [1.29, 1.82) is 0 Å². The lowest BCUT2D eigenvalue weighted by molar-refractivity contribution is -0.140. The molecule has 0 fully saturated rings. The number of hydrogen-bond acceptors (Lipinski definition) is 4. The van der Waals surface area contributed by atoms with Gasteiger partial charge in [-0.05, 0) is 54.8 Å². The van der Waals surface area contributed by atoms with E-state index in [0.717, 1.165) is 21.7 Å². The lowest BCUT2D eigenvalue weighted by atomic mass is 10.0. The van der Waals surface area contributed by atoms with Gasteiger partial charge >= 0.3 is 0 Å². The first-order valence-corrected chi connectivity index (χ1v) is 15.7. The third-order valence-corrected chi connectivity index (χ3v) is 8.33. The molecule has 214 valence electrons. The summed E-state index contributed by atoms with van der Waals surface area (Å²) in [6, 6.07) is 19.6. The Morgan fingerprint density at radius 2 is 1.52 bits per heavy atom. The molecule has 11 heteroatoms. The van der Waals surface area contributed by atoms with Gasteiger partial charge < -0.3 is 10.2 Å². The Kier molecular flexibility index (Phi) is 11.3. The first-order chi connectivity index (χ1) is 18.9. The molecule has 1 N–H and O–H groups in total. The minimum Gasteiger partial charge on any atom is -0.352 e. The Morgan fingerprint density at radius 1 is 0.900 bits per heavy atom. The summed E-state index contributed by atoms with van der Waals surface area (Å²) in [5.74, 6) is -0.927. The van der Waals surface area contributed by atoms with Gasteiger partial charge in [0.05, 0.1) is 17.0 Å². The average molecular weight is 625 g/mol. The van der Waals surface area contributed by atoms with Crippen LogP contribution in [0, 0.1) is 0 Å². The molecule has 0 spiro atoms. The predicted molar refractivity (Wildman–Crippen MR) is 162 cm³/mol. The van der Waals surface area contributed by atoms with Gasteiger partial charge in [-0.3, -0.25) is 13.9 Å². The van der Waals surface area contributed by atoms with E-state index in [4.69, 9.17) is 34.8 Å². The smallest absolute Gasteiger partial charge is 0.244 e. The fraction of sp³-hybridized carbons (Fsp3) is 0.310. The van der Waals surface area contributed by atoms with Gasteiger partial charge in [-0.25, -0.2) is 8.42 Å². The van der Waals surface area contributed by atoms with Crippen molar-refractivity contribution in [2.24, 2.45) is 0 Å². The fourth-order valence-corrected chi connectivity index (χ4v) is 5.47. The van der Waals surface area contributed by atoms with Crippen LogP contribution in [0.15, 0.2) is 72.8 Å². The van der Waals surface area contributed by atoms with Crippen LogP contribution in [-0.4, -0.2) is 50.0 Å². The van der Waals surface area contributed by atoms with Crippen LogP contribution >= 0.6 is 34.8 Å². The van der Waals surface area contributed by atoms with Crippen molar-refractivity contribution >= 4 is 62.3 Å². The van der Waals surface area contributed by atoms with Crippen LogP contribution in [0.4, 0.5) is 5.69 Å². The van der Waals surface area contributed by atoms with Gasteiger partial charge in [-0.1, -0.05) is 84.2 Å². The third kappa shape index (κ3) is 8.86. The summed E-state index contributed by atoms with van der Waals surface area (Å²) in [5.41, 5.74) is 1.64. The Bertz CT molecular complexity index is 1420. The molecular weight excluding hydrogens is 593 g/mol. The zero-order chi connectivity index (χ0) is 29.4. The van der Waals surface area contributed by atoms with Crippen molar-refractivity contribution in [2.75, 3.05) is 17.1 Å². The number of nitrogens with zero attached hydrogens (tertiary/aromatic N) is 2. The maximum absolute atomic E-state index is 14.1. The monoisotopic (exact) mass is 623 g/mol.